The second-order valence-corrected chi connectivity index (χ2v) is 14.5. The third-order valence-corrected chi connectivity index (χ3v) is 11.4. The Morgan fingerprint density at radius 3 is 2.43 bits per heavy atom. The molecule has 2 heterocycles. The first kappa shape index (κ1) is 33.1. The molecule has 4 rings (SSSR count). The number of aliphatic carboxylic acids is 1. The van der Waals surface area contributed by atoms with Crippen molar-refractivity contribution in [2.24, 2.45) is 5.73 Å². The molecule has 0 aliphatic carbocycles. The molecule has 2 aliphatic heterocycles. The van der Waals surface area contributed by atoms with Crippen LogP contribution in [0.5, 0.6) is 5.75 Å². The maximum absolute atomic E-state index is 13.7. The van der Waals surface area contributed by atoms with E-state index in [1.165, 1.54) is 38.6 Å². The van der Waals surface area contributed by atoms with Crippen molar-refractivity contribution in [3.8, 4) is 5.75 Å². The van der Waals surface area contributed by atoms with Crippen LogP contribution < -0.4 is 21.7 Å². The number of nitrogens with two attached hydrogens (primary N) is 1. The number of benzene rings is 2. The molecule has 12 nitrogen and oxygen atoms in total. The minimum absolute atomic E-state index is 0.0785. The molecule has 236 valence electrons. The molecule has 2 aliphatic rings. The summed E-state index contributed by atoms with van der Waals surface area (Å²) in [6.45, 7) is 3.19. The van der Waals surface area contributed by atoms with E-state index in [-0.39, 0.29) is 25.1 Å². The molecule has 0 unspecified atom stereocenters. The summed E-state index contributed by atoms with van der Waals surface area (Å²) in [4.78, 5) is 67.2. The fourth-order valence-corrected chi connectivity index (χ4v) is 8.40. The molecule has 2 fully saturated rings. The van der Waals surface area contributed by atoms with Crippen molar-refractivity contribution in [3.05, 3.63) is 65.7 Å². The van der Waals surface area contributed by atoms with Crippen LogP contribution in [0.2, 0.25) is 0 Å². The minimum Gasteiger partial charge on any atom is -0.508 e. The lowest BCUT2D eigenvalue weighted by molar-refractivity contribution is -0.149. The number of amides is 4. The van der Waals surface area contributed by atoms with E-state index in [9.17, 15) is 34.2 Å². The number of nitrogens with one attached hydrogen (secondary N) is 3. The molecule has 0 spiro atoms. The lowest BCUT2D eigenvalue weighted by atomic mass is 10.00. The van der Waals surface area contributed by atoms with Gasteiger partial charge in [0.05, 0.1) is 12.6 Å². The Balaban J connectivity index is 1.58. The van der Waals surface area contributed by atoms with E-state index < -0.39 is 70.3 Å². The summed E-state index contributed by atoms with van der Waals surface area (Å²) in [6, 6.07) is 11.0. The molecule has 0 radical (unpaired) electrons. The van der Waals surface area contributed by atoms with Crippen LogP contribution in [0.25, 0.3) is 0 Å². The van der Waals surface area contributed by atoms with Crippen LogP contribution in [-0.2, 0) is 36.8 Å². The Kier molecular flexibility index (Phi) is 10.8. The van der Waals surface area contributed by atoms with Gasteiger partial charge in [0.2, 0.25) is 23.6 Å². The van der Waals surface area contributed by atoms with Crippen molar-refractivity contribution >= 4 is 51.2 Å². The van der Waals surface area contributed by atoms with Gasteiger partial charge in [-0.15, -0.1) is 0 Å². The Labute approximate surface area is 263 Å². The van der Waals surface area contributed by atoms with E-state index in [0.717, 1.165) is 5.56 Å². The molecule has 0 aromatic heterocycles. The predicted octanol–water partition coefficient (Wildman–Crippen LogP) is 0.818. The van der Waals surface area contributed by atoms with Crippen LogP contribution >= 0.6 is 21.6 Å². The quantitative estimate of drug-likeness (QED) is 0.236. The third kappa shape index (κ3) is 8.24. The fourth-order valence-electron chi connectivity index (χ4n) is 5.19. The highest BCUT2D eigenvalue weighted by Crippen LogP contribution is 2.45. The van der Waals surface area contributed by atoms with E-state index in [2.05, 4.69) is 16.0 Å². The molecule has 2 saturated heterocycles. The number of fused-ring (bicyclic) bond motifs is 2. The maximum Gasteiger partial charge on any atom is 0.327 e. The lowest BCUT2D eigenvalue weighted by Crippen LogP contribution is -2.60. The SMILES string of the molecule is CC1(C)SS[C@@H]2CCN(C(=O)[C@H](Cc3ccccc3)NC(=O)CNC(=O)[C@@H]1NC(=O)[C@@H](N)Cc1ccc(O)cc1)[C@H]2C(=O)O. The Hall–Kier alpha value is -3.75. The number of aromatic hydroxyl groups is 1. The number of phenolic OH excluding ortho intramolecular Hbond substituents is 1. The van der Waals surface area contributed by atoms with Crippen molar-refractivity contribution < 1.29 is 34.2 Å². The van der Waals surface area contributed by atoms with Gasteiger partial charge in [0, 0.05) is 23.0 Å². The van der Waals surface area contributed by atoms with Gasteiger partial charge in [-0.25, -0.2) is 4.79 Å². The number of hydrogen-bond donors (Lipinski definition) is 6. The van der Waals surface area contributed by atoms with Gasteiger partial charge in [0.1, 0.15) is 23.9 Å². The second-order valence-electron chi connectivity index (χ2n) is 11.4. The molecular formula is C30H37N5O7S2. The first-order chi connectivity index (χ1) is 20.9. The van der Waals surface area contributed by atoms with E-state index in [1.54, 1.807) is 38.1 Å². The smallest absolute Gasteiger partial charge is 0.327 e. The molecule has 7 N–H and O–H groups in total. The third-order valence-electron chi connectivity index (χ3n) is 7.58. The molecule has 2 bridgehead atoms. The summed E-state index contributed by atoms with van der Waals surface area (Å²) >= 11 is 0. The maximum atomic E-state index is 13.7. The van der Waals surface area contributed by atoms with Crippen molar-refractivity contribution in [1.29, 1.82) is 0 Å². The Morgan fingerprint density at radius 2 is 1.77 bits per heavy atom. The topological polar surface area (TPSA) is 191 Å². The van der Waals surface area contributed by atoms with E-state index >= 15 is 0 Å². The van der Waals surface area contributed by atoms with Gasteiger partial charge >= 0.3 is 5.97 Å². The van der Waals surface area contributed by atoms with Gasteiger partial charge in [0.25, 0.3) is 0 Å². The lowest BCUT2D eigenvalue weighted by Gasteiger charge is -2.35. The van der Waals surface area contributed by atoms with Crippen molar-refractivity contribution in [2.75, 3.05) is 13.1 Å². The molecule has 14 heteroatoms. The van der Waals surface area contributed by atoms with E-state index in [1.807, 2.05) is 18.2 Å². The van der Waals surface area contributed by atoms with Gasteiger partial charge in [-0.2, -0.15) is 0 Å². The highest BCUT2D eigenvalue weighted by Gasteiger charge is 2.47. The van der Waals surface area contributed by atoms with Crippen LogP contribution in [0.4, 0.5) is 0 Å². The van der Waals surface area contributed by atoms with Gasteiger partial charge in [-0.3, -0.25) is 19.2 Å². The first-order valence-corrected chi connectivity index (χ1v) is 16.4. The van der Waals surface area contributed by atoms with E-state index in [0.29, 0.717) is 12.0 Å². The number of hydrogen-bond acceptors (Lipinski definition) is 9. The van der Waals surface area contributed by atoms with Crippen molar-refractivity contribution in [1.82, 2.24) is 20.9 Å². The highest BCUT2D eigenvalue weighted by molar-refractivity contribution is 8.77. The molecule has 4 amide bonds. The number of rotatable bonds is 7. The highest BCUT2D eigenvalue weighted by atomic mass is 33.1. The molecule has 2 aromatic rings. The number of carbonyl (C=O) groups excluding carboxylic acids is 4. The number of phenols is 1. The summed E-state index contributed by atoms with van der Waals surface area (Å²) in [6.07, 6.45) is 0.683. The van der Waals surface area contributed by atoms with Gasteiger partial charge in [-0.05, 0) is 49.9 Å². The fraction of sp³-hybridized carbons (Fsp3) is 0.433. The summed E-state index contributed by atoms with van der Waals surface area (Å²) in [7, 11) is 2.49. The van der Waals surface area contributed by atoms with Crippen LogP contribution in [0, 0.1) is 0 Å². The van der Waals surface area contributed by atoms with Crippen LogP contribution in [-0.4, -0.2) is 92.0 Å². The van der Waals surface area contributed by atoms with Gasteiger partial charge < -0.3 is 36.8 Å². The van der Waals surface area contributed by atoms with Crippen LogP contribution in [0.3, 0.4) is 0 Å². The van der Waals surface area contributed by atoms with Crippen LogP contribution in [0.1, 0.15) is 31.4 Å². The zero-order valence-electron chi connectivity index (χ0n) is 24.4. The summed E-state index contributed by atoms with van der Waals surface area (Å²) in [5, 5.41) is 27.2. The number of carboxylic acid groups (broad SMARTS) is 1. The molecule has 5 atom stereocenters. The molecular weight excluding hydrogens is 606 g/mol. The summed E-state index contributed by atoms with van der Waals surface area (Å²) in [5.74, 6) is -3.44. The van der Waals surface area contributed by atoms with E-state index in [4.69, 9.17) is 5.73 Å². The molecule has 44 heavy (non-hydrogen) atoms. The Morgan fingerprint density at radius 1 is 1.09 bits per heavy atom. The second kappa shape index (κ2) is 14.4. The first-order valence-electron chi connectivity index (χ1n) is 14.2. The zero-order valence-corrected chi connectivity index (χ0v) is 26.0. The summed E-state index contributed by atoms with van der Waals surface area (Å²) < 4.78 is -0.987. The normalized spacial score (nSPS) is 24.9. The van der Waals surface area contributed by atoms with Crippen molar-refractivity contribution in [2.45, 2.75) is 67.3 Å². The molecule has 0 saturated carbocycles. The number of carbonyl (C=O) groups is 5. The molecule has 2 aromatic carbocycles. The minimum atomic E-state index is -1.16. The van der Waals surface area contributed by atoms with Gasteiger partial charge in [-0.1, -0.05) is 64.1 Å². The predicted molar refractivity (Wildman–Crippen MR) is 168 cm³/mol. The van der Waals surface area contributed by atoms with Crippen LogP contribution in [0.15, 0.2) is 54.6 Å². The largest absolute Gasteiger partial charge is 0.508 e. The number of carboxylic acids is 1. The van der Waals surface area contributed by atoms with Gasteiger partial charge in [0.15, 0.2) is 0 Å². The average molecular weight is 644 g/mol. The zero-order chi connectivity index (χ0) is 32.0. The summed E-state index contributed by atoms with van der Waals surface area (Å²) in [5.41, 5.74) is 7.67. The van der Waals surface area contributed by atoms with Crippen molar-refractivity contribution in [3.63, 3.8) is 0 Å². The number of nitrogens with zero attached hydrogens (tertiary/aromatic N) is 1. The average Bonchev–Trinajstić information content (AvgIpc) is 3.42. The standard InChI is InChI=1S/C30H37N5O7S2/c1-30(2)25(34-26(38)20(31)14-18-8-10-19(36)11-9-18)27(39)32-16-23(37)33-21(15-17-6-4-3-5-7-17)28(40)35-13-12-22(43-44-30)24(35)29(41)42/h3-11,20-22,24-25,36H,12-16,31H2,1-2H3,(H,32,39)(H,33,37)(H,34,38)(H,41,42)/t20-,21-,22+,24+,25-/m0/s1. The monoisotopic (exact) mass is 643 g/mol. The Bertz CT molecular complexity index is 1380.